The molecular formula is C138H96BN5. The Morgan fingerprint density at radius 2 is 0.312 bits per heavy atom. The predicted molar refractivity (Wildman–Crippen MR) is 610 cm³/mol. The molecule has 0 amide bonds. The second-order valence-electron chi connectivity index (χ2n) is 37.0. The Balaban J connectivity index is 0.860. The Hall–Kier alpha value is -18.9. The number of anilines is 15. The second kappa shape index (κ2) is 38.5. The number of rotatable bonds is 23. The maximum Gasteiger partial charge on any atom is 0.252 e. The lowest BCUT2D eigenvalue weighted by molar-refractivity contribution is 1.22. The topological polar surface area (TPSA) is 16.2 Å². The number of benzene rings is 23. The van der Waals surface area contributed by atoms with Crippen LogP contribution < -0.4 is 40.9 Å². The second-order valence-corrected chi connectivity index (χ2v) is 37.0. The van der Waals surface area contributed by atoms with Crippen LogP contribution in [0.2, 0.25) is 0 Å². The molecule has 0 aliphatic carbocycles. The molecule has 5 nitrogen and oxygen atoms in total. The van der Waals surface area contributed by atoms with Crippen molar-refractivity contribution in [3.8, 4) is 134 Å². The Labute approximate surface area is 842 Å². The Kier molecular flexibility index (Phi) is 23.2. The van der Waals surface area contributed by atoms with E-state index in [2.05, 4.69) is 607 Å². The van der Waals surface area contributed by atoms with Crippen LogP contribution in [-0.4, -0.2) is 6.71 Å². The fourth-order valence-corrected chi connectivity index (χ4v) is 21.6. The lowest BCUT2D eigenvalue weighted by Gasteiger charge is -2.47. The van der Waals surface area contributed by atoms with Crippen LogP contribution in [0.3, 0.4) is 0 Å². The molecule has 23 aromatic rings. The molecule has 0 spiro atoms. The van der Waals surface area contributed by atoms with Crippen LogP contribution in [0, 0.1) is 0 Å². The van der Waals surface area contributed by atoms with Crippen molar-refractivity contribution in [1.29, 1.82) is 0 Å². The van der Waals surface area contributed by atoms with Crippen LogP contribution in [0.25, 0.3) is 134 Å². The molecule has 0 bridgehead atoms. The highest BCUT2D eigenvalue weighted by atomic mass is 15.2. The largest absolute Gasteiger partial charge is 0.310 e. The molecule has 0 N–H and O–H groups in total. The third-order valence-corrected chi connectivity index (χ3v) is 28.4. The SMILES string of the molecule is c1ccc(-c2ccc(N(c3ccc(-c4ccccc4)cc3)c3cc4c5c(c3)N(c3c(-c6cccc(-c7ccccc7)c6)cccc3-c3cccc(-c6ccccc6)c3)c3cc(N(c6ccccc6)c6cccc(-c7ccccc7)c6)ccc3B5c3ccc(N(c5ccccc5)c5cccc(-c6ccccc6)c5)cc3N4c3c(-c4cccc(-c5ccccc5)c4)cccc3-c3cccc(-c4ccccc4)c3)cc2)cc1. The highest BCUT2D eigenvalue weighted by molar-refractivity contribution is 7.00. The zero-order valence-corrected chi connectivity index (χ0v) is 79.2. The van der Waals surface area contributed by atoms with Crippen molar-refractivity contribution in [3.05, 3.63) is 582 Å². The van der Waals surface area contributed by atoms with Gasteiger partial charge in [-0.25, -0.2) is 0 Å². The lowest BCUT2D eigenvalue weighted by atomic mass is 9.33. The molecule has 2 heterocycles. The maximum absolute atomic E-state index is 2.72. The summed E-state index contributed by atoms with van der Waals surface area (Å²) in [7, 11) is 0. The fraction of sp³-hybridized carbons (Fsp3) is 0. The van der Waals surface area contributed by atoms with E-state index in [-0.39, 0.29) is 0 Å². The first-order valence-corrected chi connectivity index (χ1v) is 49.5. The monoisotopic (exact) mass is 1830 g/mol. The van der Waals surface area contributed by atoms with Gasteiger partial charge in [-0.15, -0.1) is 0 Å². The van der Waals surface area contributed by atoms with Crippen molar-refractivity contribution in [1.82, 2.24) is 0 Å². The van der Waals surface area contributed by atoms with E-state index in [9.17, 15) is 0 Å². The molecule has 23 aromatic carbocycles. The lowest BCUT2D eigenvalue weighted by Crippen LogP contribution is -2.61. The van der Waals surface area contributed by atoms with Gasteiger partial charge in [-0.2, -0.15) is 0 Å². The standard InChI is InChI=1S/C138H96BN5/c1-11-39-97(40-12-1)105-75-79-119(80-76-105)140(120-81-77-106(78-82-120)98-41-13-2-14-42-98)125-95-134-136-135(96-125)144(138-128(115-63-33-57-109(89-115)101-47-19-5-20-48-101)73-38-74-129(138)116-64-34-58-110(90-116)102-49-21-6-22-50-102)133-94-124(142(118-67-29-10-30-68-118)122-70-36-60-112(92-122)104-53-25-8-26-54-104)84-86-131(133)139(136)130-85-83-123(141(117-65-27-9-28-66-117)121-69-35-59-111(91-121)103-51-23-7-24-52-103)93-132(130)143(134)137-126(113-61-31-55-107(87-113)99-43-15-3-16-44-99)71-37-72-127(137)114-62-32-56-108(88-114)100-45-17-4-18-46-100/h1-96H. The van der Waals surface area contributed by atoms with Crippen LogP contribution >= 0.6 is 0 Å². The summed E-state index contributed by atoms with van der Waals surface area (Å²) in [6.45, 7) is -0.469. The van der Waals surface area contributed by atoms with E-state index in [1.54, 1.807) is 0 Å². The molecule has 2 aliphatic heterocycles. The summed E-state index contributed by atoms with van der Waals surface area (Å²) in [5.74, 6) is 0. The predicted octanol–water partition coefficient (Wildman–Crippen LogP) is 36.2. The van der Waals surface area contributed by atoms with Gasteiger partial charge < -0.3 is 24.5 Å². The Morgan fingerprint density at radius 1 is 0.125 bits per heavy atom. The number of hydrogen-bond donors (Lipinski definition) is 0. The first-order chi connectivity index (χ1) is 71.4. The fourth-order valence-electron chi connectivity index (χ4n) is 21.6. The van der Waals surface area contributed by atoms with Crippen LogP contribution in [-0.2, 0) is 0 Å². The third-order valence-electron chi connectivity index (χ3n) is 28.4. The summed E-state index contributed by atoms with van der Waals surface area (Å²) in [4.78, 5) is 12.9. The minimum atomic E-state index is -0.469. The number of para-hydroxylation sites is 4. The summed E-state index contributed by atoms with van der Waals surface area (Å²) in [6.07, 6.45) is 0. The number of hydrogen-bond acceptors (Lipinski definition) is 5. The van der Waals surface area contributed by atoms with E-state index in [1.807, 2.05) is 0 Å². The van der Waals surface area contributed by atoms with Gasteiger partial charge in [0.2, 0.25) is 0 Å². The molecule has 25 rings (SSSR count). The van der Waals surface area contributed by atoms with Crippen LogP contribution in [0.5, 0.6) is 0 Å². The van der Waals surface area contributed by atoms with Gasteiger partial charge in [-0.05, 0) is 261 Å². The summed E-state index contributed by atoms with van der Waals surface area (Å²) in [6, 6.07) is 216. The van der Waals surface area contributed by atoms with Gasteiger partial charge in [0.15, 0.2) is 0 Å². The van der Waals surface area contributed by atoms with Crippen LogP contribution in [0.1, 0.15) is 0 Å². The van der Waals surface area contributed by atoms with Gasteiger partial charge in [0.1, 0.15) is 0 Å². The summed E-state index contributed by atoms with van der Waals surface area (Å²) in [5.41, 5.74) is 44.6. The molecule has 0 atom stereocenters. The quantitative estimate of drug-likeness (QED) is 0.0592. The maximum atomic E-state index is 2.72. The van der Waals surface area contributed by atoms with Crippen molar-refractivity contribution in [2.45, 2.75) is 0 Å². The normalized spacial score (nSPS) is 11.7. The van der Waals surface area contributed by atoms with Crippen molar-refractivity contribution in [3.63, 3.8) is 0 Å². The van der Waals surface area contributed by atoms with Gasteiger partial charge in [0, 0.05) is 90.5 Å². The summed E-state index contributed by atoms with van der Waals surface area (Å²) < 4.78 is 0. The molecule has 0 fully saturated rings. The highest BCUT2D eigenvalue weighted by Crippen LogP contribution is 2.58. The minimum Gasteiger partial charge on any atom is -0.310 e. The zero-order chi connectivity index (χ0) is 95.6. The average molecular weight is 1840 g/mol. The third kappa shape index (κ3) is 16.7. The molecule has 676 valence electrons. The molecule has 0 saturated carbocycles. The number of fused-ring (bicyclic) bond motifs is 4. The molecule has 0 aromatic heterocycles. The van der Waals surface area contributed by atoms with Crippen LogP contribution in [0.15, 0.2) is 582 Å². The van der Waals surface area contributed by atoms with Gasteiger partial charge in [0.05, 0.1) is 17.1 Å². The van der Waals surface area contributed by atoms with Gasteiger partial charge in [0.25, 0.3) is 6.71 Å². The van der Waals surface area contributed by atoms with Crippen molar-refractivity contribution < 1.29 is 0 Å². The highest BCUT2D eigenvalue weighted by Gasteiger charge is 2.47. The van der Waals surface area contributed by atoms with E-state index >= 15 is 0 Å². The molecule has 144 heavy (non-hydrogen) atoms. The van der Waals surface area contributed by atoms with E-state index in [4.69, 9.17) is 0 Å². The zero-order valence-electron chi connectivity index (χ0n) is 79.2. The van der Waals surface area contributed by atoms with Gasteiger partial charge in [-0.3, -0.25) is 0 Å². The van der Waals surface area contributed by atoms with E-state index in [1.165, 1.54) is 0 Å². The van der Waals surface area contributed by atoms with E-state index in [0.29, 0.717) is 0 Å². The number of nitrogens with zero attached hydrogens (tertiary/aromatic N) is 5. The summed E-state index contributed by atoms with van der Waals surface area (Å²) >= 11 is 0. The van der Waals surface area contributed by atoms with Gasteiger partial charge in [-0.1, -0.05) is 449 Å². The Bertz CT molecular complexity index is 7890. The summed E-state index contributed by atoms with van der Waals surface area (Å²) in [5, 5.41) is 0. The molecular weight excluding hydrogens is 1740 g/mol. The van der Waals surface area contributed by atoms with Crippen molar-refractivity contribution in [2.24, 2.45) is 0 Å². The molecule has 0 saturated heterocycles. The first-order valence-electron chi connectivity index (χ1n) is 49.5. The molecule has 2 aliphatic rings. The molecule has 0 radical (unpaired) electrons. The smallest absolute Gasteiger partial charge is 0.252 e. The molecule has 0 unspecified atom stereocenters. The van der Waals surface area contributed by atoms with E-state index in [0.717, 1.165) is 235 Å². The van der Waals surface area contributed by atoms with E-state index < -0.39 is 6.71 Å². The van der Waals surface area contributed by atoms with Crippen molar-refractivity contribution in [2.75, 3.05) is 24.5 Å². The van der Waals surface area contributed by atoms with Crippen LogP contribution in [0.4, 0.5) is 85.3 Å². The first kappa shape index (κ1) is 86.7. The Morgan fingerprint density at radius 3 is 0.597 bits per heavy atom. The van der Waals surface area contributed by atoms with Gasteiger partial charge >= 0.3 is 0 Å². The van der Waals surface area contributed by atoms with Crippen molar-refractivity contribution >= 4 is 108 Å². The average Bonchev–Trinajstić information content (AvgIpc) is 0.683. The minimum absolute atomic E-state index is 0.469. The molecule has 6 heteroatoms.